The van der Waals surface area contributed by atoms with Crippen LogP contribution in [0.2, 0.25) is 0 Å². The first-order valence-corrected chi connectivity index (χ1v) is 9.63. The topological polar surface area (TPSA) is 84.0 Å². The Balaban J connectivity index is 1.56. The maximum absolute atomic E-state index is 13.2. The highest BCUT2D eigenvalue weighted by Gasteiger charge is 2.13. The summed E-state index contributed by atoms with van der Waals surface area (Å²) >= 11 is 1.27. The second-order valence-corrected chi connectivity index (χ2v) is 7.16. The molecule has 28 heavy (non-hydrogen) atoms. The van der Waals surface area contributed by atoms with Crippen LogP contribution in [0.4, 0.5) is 10.1 Å². The van der Waals surface area contributed by atoms with E-state index in [-0.39, 0.29) is 24.2 Å². The van der Waals surface area contributed by atoms with Gasteiger partial charge < -0.3 is 10.6 Å². The van der Waals surface area contributed by atoms with Gasteiger partial charge in [-0.15, -0.1) is 10.2 Å². The molecular formula is C20H19FN4O2S. The molecule has 144 valence electrons. The van der Waals surface area contributed by atoms with Crippen molar-refractivity contribution in [1.29, 1.82) is 0 Å². The van der Waals surface area contributed by atoms with Crippen molar-refractivity contribution in [2.75, 3.05) is 5.32 Å². The fourth-order valence-corrected chi connectivity index (χ4v) is 3.32. The van der Waals surface area contributed by atoms with Crippen molar-refractivity contribution in [2.24, 2.45) is 0 Å². The van der Waals surface area contributed by atoms with Gasteiger partial charge in [-0.05, 0) is 48.4 Å². The number of rotatable bonds is 7. The number of halogens is 1. The van der Waals surface area contributed by atoms with Crippen molar-refractivity contribution in [3.63, 3.8) is 0 Å². The third-order valence-corrected chi connectivity index (χ3v) is 4.85. The van der Waals surface area contributed by atoms with Gasteiger partial charge in [0.2, 0.25) is 5.01 Å². The lowest BCUT2D eigenvalue weighted by Crippen LogP contribution is -2.22. The van der Waals surface area contributed by atoms with E-state index in [1.807, 2.05) is 6.92 Å². The molecule has 0 radical (unpaired) electrons. The van der Waals surface area contributed by atoms with E-state index in [2.05, 4.69) is 20.8 Å². The predicted molar refractivity (Wildman–Crippen MR) is 106 cm³/mol. The van der Waals surface area contributed by atoms with Gasteiger partial charge in [0, 0.05) is 24.2 Å². The molecule has 1 heterocycles. The molecule has 0 bridgehead atoms. The first kappa shape index (κ1) is 19.6. The van der Waals surface area contributed by atoms with E-state index in [0.717, 1.165) is 17.8 Å². The van der Waals surface area contributed by atoms with Gasteiger partial charge in [0.15, 0.2) is 0 Å². The van der Waals surface area contributed by atoms with Crippen LogP contribution in [0.3, 0.4) is 0 Å². The Labute approximate surface area is 165 Å². The molecule has 0 saturated heterocycles. The molecule has 1 aromatic heterocycles. The Morgan fingerprint density at radius 2 is 1.86 bits per heavy atom. The normalized spacial score (nSPS) is 10.5. The molecule has 3 rings (SSSR count). The maximum Gasteiger partial charge on any atom is 0.286 e. The summed E-state index contributed by atoms with van der Waals surface area (Å²) < 4.78 is 13.2. The van der Waals surface area contributed by atoms with E-state index in [0.29, 0.717) is 21.8 Å². The van der Waals surface area contributed by atoms with E-state index in [1.54, 1.807) is 36.4 Å². The Morgan fingerprint density at radius 1 is 1.07 bits per heavy atom. The zero-order valence-corrected chi connectivity index (χ0v) is 16.1. The van der Waals surface area contributed by atoms with Gasteiger partial charge in [-0.25, -0.2) is 4.39 Å². The lowest BCUT2D eigenvalue weighted by Gasteiger charge is -2.07. The van der Waals surface area contributed by atoms with Crippen LogP contribution in [0.15, 0.2) is 48.5 Å². The SMILES string of the molecule is CCCc1nnc(C(=O)Nc2ccc(C(=O)NCc3cccc(F)c3)cc2)s1. The maximum atomic E-state index is 13.2. The number of amides is 2. The molecule has 3 aromatic rings. The van der Waals surface area contributed by atoms with Gasteiger partial charge in [-0.3, -0.25) is 9.59 Å². The van der Waals surface area contributed by atoms with E-state index < -0.39 is 0 Å². The highest BCUT2D eigenvalue weighted by Crippen LogP contribution is 2.15. The zero-order chi connectivity index (χ0) is 19.9. The van der Waals surface area contributed by atoms with Crippen molar-refractivity contribution < 1.29 is 14.0 Å². The van der Waals surface area contributed by atoms with Crippen molar-refractivity contribution in [2.45, 2.75) is 26.3 Å². The van der Waals surface area contributed by atoms with Crippen LogP contribution in [0, 0.1) is 5.82 Å². The molecule has 0 unspecified atom stereocenters. The summed E-state index contributed by atoms with van der Waals surface area (Å²) in [5.74, 6) is -0.956. The smallest absolute Gasteiger partial charge is 0.286 e. The van der Waals surface area contributed by atoms with Crippen LogP contribution in [0.1, 0.15) is 44.1 Å². The number of benzene rings is 2. The summed E-state index contributed by atoms with van der Waals surface area (Å²) in [4.78, 5) is 24.4. The molecule has 0 spiro atoms. The predicted octanol–water partition coefficient (Wildman–Crippen LogP) is 3.81. The van der Waals surface area contributed by atoms with E-state index in [1.165, 1.54) is 23.5 Å². The van der Waals surface area contributed by atoms with Gasteiger partial charge >= 0.3 is 0 Å². The van der Waals surface area contributed by atoms with Gasteiger partial charge in [0.1, 0.15) is 10.8 Å². The molecule has 0 aliphatic rings. The van der Waals surface area contributed by atoms with E-state index in [9.17, 15) is 14.0 Å². The third-order valence-electron chi connectivity index (χ3n) is 3.87. The first-order valence-electron chi connectivity index (χ1n) is 8.81. The van der Waals surface area contributed by atoms with Crippen molar-refractivity contribution in [3.05, 3.63) is 75.5 Å². The molecule has 6 nitrogen and oxygen atoms in total. The molecular weight excluding hydrogens is 379 g/mol. The molecule has 8 heteroatoms. The summed E-state index contributed by atoms with van der Waals surface area (Å²) in [6, 6.07) is 12.6. The minimum atomic E-state index is -0.343. The quantitative estimate of drug-likeness (QED) is 0.634. The fraction of sp³-hybridized carbons (Fsp3) is 0.200. The number of aromatic nitrogens is 2. The standard InChI is InChI=1S/C20H19FN4O2S/c1-2-4-17-24-25-20(28-17)19(27)23-16-9-7-14(8-10-16)18(26)22-12-13-5-3-6-15(21)11-13/h3,5-11H,2,4,12H2,1H3,(H,22,26)(H,23,27). The molecule has 2 amide bonds. The van der Waals surface area contributed by atoms with Crippen LogP contribution >= 0.6 is 11.3 Å². The number of hydrogen-bond donors (Lipinski definition) is 2. The second kappa shape index (κ2) is 9.18. The van der Waals surface area contributed by atoms with E-state index >= 15 is 0 Å². The zero-order valence-electron chi connectivity index (χ0n) is 15.2. The number of nitrogens with zero attached hydrogens (tertiary/aromatic N) is 2. The number of anilines is 1. The Kier molecular flexibility index (Phi) is 6.44. The Hall–Kier alpha value is -3.13. The van der Waals surface area contributed by atoms with Crippen LogP contribution < -0.4 is 10.6 Å². The molecule has 2 aromatic carbocycles. The summed E-state index contributed by atoms with van der Waals surface area (Å²) in [5.41, 5.74) is 1.67. The fourth-order valence-electron chi connectivity index (χ4n) is 2.48. The monoisotopic (exact) mass is 398 g/mol. The van der Waals surface area contributed by atoms with Crippen molar-refractivity contribution in [3.8, 4) is 0 Å². The summed E-state index contributed by atoms with van der Waals surface area (Å²) in [6.07, 6.45) is 1.74. The Morgan fingerprint density at radius 3 is 2.57 bits per heavy atom. The summed E-state index contributed by atoms with van der Waals surface area (Å²) in [5, 5.41) is 14.5. The number of aryl methyl sites for hydroxylation is 1. The molecule has 2 N–H and O–H groups in total. The summed E-state index contributed by atoms with van der Waals surface area (Å²) in [7, 11) is 0. The number of nitrogens with one attached hydrogen (secondary N) is 2. The van der Waals surface area contributed by atoms with Crippen molar-refractivity contribution in [1.82, 2.24) is 15.5 Å². The minimum Gasteiger partial charge on any atom is -0.348 e. The lowest BCUT2D eigenvalue weighted by molar-refractivity contribution is 0.0950. The minimum absolute atomic E-state index is 0.228. The molecule has 0 atom stereocenters. The molecule has 0 saturated carbocycles. The highest BCUT2D eigenvalue weighted by atomic mass is 32.1. The van der Waals surface area contributed by atoms with Gasteiger partial charge in [0.25, 0.3) is 11.8 Å². The number of hydrogen-bond acceptors (Lipinski definition) is 5. The average molecular weight is 398 g/mol. The lowest BCUT2D eigenvalue weighted by atomic mass is 10.1. The Bertz CT molecular complexity index is 972. The van der Waals surface area contributed by atoms with Gasteiger partial charge in [-0.2, -0.15) is 0 Å². The molecule has 0 aliphatic heterocycles. The van der Waals surface area contributed by atoms with Gasteiger partial charge in [-0.1, -0.05) is 30.4 Å². The van der Waals surface area contributed by atoms with Crippen LogP contribution in [0.5, 0.6) is 0 Å². The summed E-state index contributed by atoms with van der Waals surface area (Å²) in [6.45, 7) is 2.27. The molecule has 0 aliphatic carbocycles. The van der Waals surface area contributed by atoms with Crippen molar-refractivity contribution >= 4 is 28.8 Å². The average Bonchev–Trinajstić information content (AvgIpc) is 3.16. The third kappa shape index (κ3) is 5.20. The highest BCUT2D eigenvalue weighted by molar-refractivity contribution is 7.13. The van der Waals surface area contributed by atoms with Crippen LogP contribution in [0.25, 0.3) is 0 Å². The van der Waals surface area contributed by atoms with Gasteiger partial charge in [0.05, 0.1) is 0 Å². The number of carbonyl (C=O) groups is 2. The first-order chi connectivity index (χ1) is 13.5. The number of carbonyl (C=O) groups excluding carboxylic acids is 2. The molecule has 0 fully saturated rings. The van der Waals surface area contributed by atoms with Crippen LogP contribution in [-0.2, 0) is 13.0 Å². The second-order valence-electron chi connectivity index (χ2n) is 6.10. The van der Waals surface area contributed by atoms with E-state index in [4.69, 9.17) is 0 Å². The largest absolute Gasteiger partial charge is 0.348 e. The van der Waals surface area contributed by atoms with Crippen LogP contribution in [-0.4, -0.2) is 22.0 Å².